The number of carboxylic acid groups (broad SMARTS) is 1. The molecular weight excluding hydrogens is 404 g/mol. The zero-order chi connectivity index (χ0) is 23.1. The molecule has 6 nitrogen and oxygen atoms in total. The Morgan fingerprint density at radius 2 is 1.78 bits per heavy atom. The van der Waals surface area contributed by atoms with Crippen molar-refractivity contribution in [2.75, 3.05) is 5.32 Å². The van der Waals surface area contributed by atoms with Gasteiger partial charge >= 0.3 is 5.97 Å². The molecule has 3 aromatic carbocycles. The van der Waals surface area contributed by atoms with Crippen LogP contribution in [-0.4, -0.2) is 17.0 Å². The van der Waals surface area contributed by atoms with Gasteiger partial charge in [0.05, 0.1) is 5.56 Å². The first-order valence-electron chi connectivity index (χ1n) is 9.91. The first-order chi connectivity index (χ1) is 15.4. The molecule has 0 unspecified atom stereocenters. The summed E-state index contributed by atoms with van der Waals surface area (Å²) in [5.41, 5.74) is 4.42. The first kappa shape index (κ1) is 22.3. The lowest BCUT2D eigenvalue weighted by Crippen LogP contribution is -2.13. The number of hydrogen-bond acceptors (Lipinski definition) is 4. The number of nitrogens with zero attached hydrogens (tertiary/aromatic N) is 1. The van der Waals surface area contributed by atoms with Gasteiger partial charge in [0.15, 0.2) is 0 Å². The largest absolute Gasteiger partial charge is 0.489 e. The second kappa shape index (κ2) is 10.1. The van der Waals surface area contributed by atoms with Crippen LogP contribution in [0.2, 0.25) is 0 Å². The van der Waals surface area contributed by atoms with Gasteiger partial charge in [0, 0.05) is 5.69 Å². The van der Waals surface area contributed by atoms with Crippen molar-refractivity contribution >= 4 is 23.6 Å². The number of amides is 1. The van der Waals surface area contributed by atoms with Gasteiger partial charge in [0.25, 0.3) is 5.91 Å². The fourth-order valence-electron chi connectivity index (χ4n) is 2.95. The van der Waals surface area contributed by atoms with Crippen LogP contribution in [0.3, 0.4) is 0 Å². The summed E-state index contributed by atoms with van der Waals surface area (Å²) >= 11 is 0. The molecule has 32 heavy (non-hydrogen) atoms. The second-order valence-electron chi connectivity index (χ2n) is 7.29. The van der Waals surface area contributed by atoms with Crippen LogP contribution in [0.1, 0.15) is 32.6 Å². The third-order valence-corrected chi connectivity index (χ3v) is 4.90. The number of nitriles is 1. The normalized spacial score (nSPS) is 10.8. The van der Waals surface area contributed by atoms with E-state index in [4.69, 9.17) is 9.84 Å². The minimum atomic E-state index is -0.988. The average molecular weight is 426 g/mol. The number of aromatic carboxylic acids is 1. The maximum atomic E-state index is 12.5. The lowest BCUT2D eigenvalue weighted by Gasteiger charge is -2.08. The van der Waals surface area contributed by atoms with Crippen LogP contribution >= 0.6 is 0 Å². The number of rotatable bonds is 7. The summed E-state index contributed by atoms with van der Waals surface area (Å²) in [6.45, 7) is 4.17. The molecule has 3 aromatic rings. The average Bonchev–Trinajstić information content (AvgIpc) is 2.79. The van der Waals surface area contributed by atoms with Crippen LogP contribution in [0, 0.1) is 25.2 Å². The molecule has 0 saturated carbocycles. The van der Waals surface area contributed by atoms with E-state index in [0.29, 0.717) is 17.0 Å². The van der Waals surface area contributed by atoms with Gasteiger partial charge in [-0.25, -0.2) is 4.79 Å². The number of carboxylic acids is 1. The molecule has 0 saturated heterocycles. The van der Waals surface area contributed by atoms with Crippen molar-refractivity contribution in [3.05, 3.63) is 100 Å². The Hall–Kier alpha value is -4.37. The molecule has 0 radical (unpaired) electrons. The summed E-state index contributed by atoms with van der Waals surface area (Å²) in [6, 6.07) is 21.0. The monoisotopic (exact) mass is 426 g/mol. The summed E-state index contributed by atoms with van der Waals surface area (Å²) in [5, 5.41) is 21.2. The third kappa shape index (κ3) is 5.83. The van der Waals surface area contributed by atoms with E-state index >= 15 is 0 Å². The van der Waals surface area contributed by atoms with Crippen molar-refractivity contribution in [3.8, 4) is 11.8 Å². The highest BCUT2D eigenvalue weighted by Crippen LogP contribution is 2.18. The fraction of sp³-hybridized carbons (Fsp3) is 0.115. The van der Waals surface area contributed by atoms with Crippen LogP contribution in [0.15, 0.2) is 72.3 Å². The Balaban J connectivity index is 1.65. The molecule has 3 rings (SSSR count). The highest BCUT2D eigenvalue weighted by molar-refractivity contribution is 6.09. The number of benzene rings is 3. The SMILES string of the molecule is Cc1ccc(NC(=O)/C(C#N)=C\c2ccc(OCc3cccc(C(=O)O)c3)cc2)cc1C. The Labute approximate surface area is 186 Å². The summed E-state index contributed by atoms with van der Waals surface area (Å²) in [5.74, 6) is -0.881. The van der Waals surface area contributed by atoms with Crippen molar-refractivity contribution in [1.82, 2.24) is 0 Å². The minimum absolute atomic E-state index is 0.0117. The summed E-state index contributed by atoms with van der Waals surface area (Å²) < 4.78 is 5.70. The highest BCUT2D eigenvalue weighted by Gasteiger charge is 2.10. The molecule has 0 atom stereocenters. The van der Waals surface area contributed by atoms with Gasteiger partial charge in [0.1, 0.15) is 24.0 Å². The number of ether oxygens (including phenoxy) is 1. The van der Waals surface area contributed by atoms with Crippen molar-refractivity contribution in [3.63, 3.8) is 0 Å². The van der Waals surface area contributed by atoms with Crippen molar-refractivity contribution < 1.29 is 19.4 Å². The number of carbonyl (C=O) groups is 2. The lowest BCUT2D eigenvalue weighted by molar-refractivity contribution is -0.112. The molecule has 2 N–H and O–H groups in total. The molecule has 6 heteroatoms. The maximum Gasteiger partial charge on any atom is 0.335 e. The standard InChI is InChI=1S/C26H22N2O4/c1-17-6-9-23(12-18(17)2)28-25(29)22(15-27)13-19-7-10-24(11-8-19)32-16-20-4-3-5-21(14-20)26(30)31/h3-14H,16H2,1-2H3,(H,28,29)(H,30,31)/b22-13-. The predicted octanol–water partition coefficient (Wildman–Crippen LogP) is 5.13. The van der Waals surface area contributed by atoms with Gasteiger partial charge in [-0.3, -0.25) is 4.79 Å². The number of anilines is 1. The van der Waals surface area contributed by atoms with E-state index in [1.165, 1.54) is 12.1 Å². The molecular formula is C26H22N2O4. The van der Waals surface area contributed by atoms with Gasteiger partial charge < -0.3 is 15.2 Å². The molecule has 0 heterocycles. The van der Waals surface area contributed by atoms with Crippen LogP contribution in [0.4, 0.5) is 5.69 Å². The Bertz CT molecular complexity index is 1220. The zero-order valence-electron chi connectivity index (χ0n) is 17.8. The number of carbonyl (C=O) groups excluding carboxylic acids is 1. The molecule has 0 aliphatic carbocycles. The van der Waals surface area contributed by atoms with E-state index in [0.717, 1.165) is 16.7 Å². The van der Waals surface area contributed by atoms with Gasteiger partial charge in [-0.15, -0.1) is 0 Å². The lowest BCUT2D eigenvalue weighted by atomic mass is 10.1. The smallest absolute Gasteiger partial charge is 0.335 e. The van der Waals surface area contributed by atoms with Crippen LogP contribution in [0.5, 0.6) is 5.75 Å². The van der Waals surface area contributed by atoms with Crippen LogP contribution in [0.25, 0.3) is 6.08 Å². The predicted molar refractivity (Wildman–Crippen MR) is 122 cm³/mol. The maximum absolute atomic E-state index is 12.5. The minimum Gasteiger partial charge on any atom is -0.489 e. The Morgan fingerprint density at radius 1 is 1.03 bits per heavy atom. The highest BCUT2D eigenvalue weighted by atomic mass is 16.5. The van der Waals surface area contributed by atoms with E-state index in [1.807, 2.05) is 32.0 Å². The summed E-state index contributed by atoms with van der Waals surface area (Å²) in [6.07, 6.45) is 1.51. The fourth-order valence-corrected chi connectivity index (χ4v) is 2.95. The molecule has 0 aromatic heterocycles. The molecule has 0 aliphatic heterocycles. The topological polar surface area (TPSA) is 99.4 Å². The van der Waals surface area contributed by atoms with Gasteiger partial charge in [-0.05, 0) is 78.6 Å². The quantitative estimate of drug-likeness (QED) is 0.403. The number of hydrogen-bond donors (Lipinski definition) is 2. The Kier molecular flexibility index (Phi) is 7.04. The molecule has 1 amide bonds. The molecule has 0 bridgehead atoms. The zero-order valence-corrected chi connectivity index (χ0v) is 17.8. The van der Waals surface area contributed by atoms with Crippen molar-refractivity contribution in [2.24, 2.45) is 0 Å². The van der Waals surface area contributed by atoms with E-state index in [2.05, 4.69) is 5.32 Å². The molecule has 160 valence electrons. The number of nitrogens with one attached hydrogen (secondary N) is 1. The van der Waals surface area contributed by atoms with Crippen molar-refractivity contribution in [1.29, 1.82) is 5.26 Å². The Morgan fingerprint density at radius 3 is 2.44 bits per heavy atom. The molecule has 0 spiro atoms. The van der Waals surface area contributed by atoms with E-state index in [1.54, 1.807) is 48.5 Å². The van der Waals surface area contributed by atoms with Gasteiger partial charge in [-0.1, -0.05) is 30.3 Å². The van der Waals surface area contributed by atoms with Crippen molar-refractivity contribution in [2.45, 2.75) is 20.5 Å². The van der Waals surface area contributed by atoms with Crippen LogP contribution in [-0.2, 0) is 11.4 Å². The number of aryl methyl sites for hydroxylation is 2. The second-order valence-corrected chi connectivity index (χ2v) is 7.29. The molecule has 0 fully saturated rings. The van der Waals surface area contributed by atoms with Crippen LogP contribution < -0.4 is 10.1 Å². The summed E-state index contributed by atoms with van der Waals surface area (Å²) in [7, 11) is 0. The first-order valence-corrected chi connectivity index (χ1v) is 9.91. The van der Waals surface area contributed by atoms with E-state index < -0.39 is 11.9 Å². The summed E-state index contributed by atoms with van der Waals surface area (Å²) in [4.78, 5) is 23.5. The third-order valence-electron chi connectivity index (χ3n) is 4.90. The van der Waals surface area contributed by atoms with E-state index in [9.17, 15) is 14.9 Å². The van der Waals surface area contributed by atoms with E-state index in [-0.39, 0.29) is 17.7 Å². The van der Waals surface area contributed by atoms with Gasteiger partial charge in [0.2, 0.25) is 0 Å². The van der Waals surface area contributed by atoms with Gasteiger partial charge in [-0.2, -0.15) is 5.26 Å². The molecule has 0 aliphatic rings.